The third-order valence-corrected chi connectivity index (χ3v) is 5.68. The molecule has 148 valence electrons. The van der Waals surface area contributed by atoms with Crippen molar-refractivity contribution in [2.24, 2.45) is 5.92 Å². The molecule has 2 aliphatic rings. The van der Waals surface area contributed by atoms with Crippen molar-refractivity contribution in [2.75, 3.05) is 26.2 Å². The number of fused-ring (bicyclic) bond motifs is 2. The van der Waals surface area contributed by atoms with Crippen molar-refractivity contribution in [1.82, 2.24) is 20.2 Å². The number of benzene rings is 1. The Kier molecular flexibility index (Phi) is 5.06. The van der Waals surface area contributed by atoms with Crippen molar-refractivity contribution in [3.63, 3.8) is 0 Å². The van der Waals surface area contributed by atoms with Crippen LogP contribution in [0.3, 0.4) is 0 Å². The number of carbonyl (C=O) groups excluding carboxylic acids is 1. The van der Waals surface area contributed by atoms with Crippen LogP contribution in [0.25, 0.3) is 11.4 Å². The third kappa shape index (κ3) is 3.49. The number of hydrogen-bond donors (Lipinski definition) is 1. The van der Waals surface area contributed by atoms with E-state index in [2.05, 4.69) is 19.2 Å². The molecule has 0 saturated carbocycles. The van der Waals surface area contributed by atoms with E-state index in [0.29, 0.717) is 32.2 Å². The zero-order valence-electron chi connectivity index (χ0n) is 16.9. The molecule has 6 heteroatoms. The van der Waals surface area contributed by atoms with Gasteiger partial charge >= 0.3 is 6.03 Å². The van der Waals surface area contributed by atoms with Crippen molar-refractivity contribution >= 4 is 6.03 Å². The molecule has 1 aromatic carbocycles. The first kappa shape index (κ1) is 18.9. The highest BCUT2D eigenvalue weighted by atomic mass is 16.5. The van der Waals surface area contributed by atoms with Gasteiger partial charge in [0.15, 0.2) is 5.82 Å². The van der Waals surface area contributed by atoms with Crippen molar-refractivity contribution in [3.05, 3.63) is 47.3 Å². The van der Waals surface area contributed by atoms with Gasteiger partial charge in [0.1, 0.15) is 0 Å². The molecule has 2 aliphatic heterocycles. The Balaban J connectivity index is 1.65. The van der Waals surface area contributed by atoms with Gasteiger partial charge in [-0.2, -0.15) is 0 Å². The summed E-state index contributed by atoms with van der Waals surface area (Å²) in [7, 11) is 0. The number of aromatic nitrogens is 2. The predicted molar refractivity (Wildman–Crippen MR) is 108 cm³/mol. The van der Waals surface area contributed by atoms with E-state index in [1.807, 2.05) is 42.2 Å². The Hall–Kier alpha value is -2.47. The first-order valence-electron chi connectivity index (χ1n) is 10.0. The minimum atomic E-state index is -0.250. The fourth-order valence-corrected chi connectivity index (χ4v) is 4.10. The highest BCUT2D eigenvalue weighted by molar-refractivity contribution is 5.75. The van der Waals surface area contributed by atoms with E-state index in [1.54, 1.807) is 0 Å². The quantitative estimate of drug-likeness (QED) is 0.887. The zero-order valence-corrected chi connectivity index (χ0v) is 16.9. The molecule has 0 bridgehead atoms. The molecule has 1 atom stereocenters. The molecular weight excluding hydrogens is 352 g/mol. The molecule has 6 nitrogen and oxygen atoms in total. The van der Waals surface area contributed by atoms with Crippen LogP contribution < -0.4 is 5.32 Å². The average Bonchev–Trinajstić information content (AvgIpc) is 3.12. The molecule has 0 aliphatic carbocycles. The Morgan fingerprint density at radius 2 is 2.07 bits per heavy atom. The summed E-state index contributed by atoms with van der Waals surface area (Å²) in [6, 6.07) is 10.1. The second-order valence-corrected chi connectivity index (χ2v) is 8.35. The zero-order chi connectivity index (χ0) is 19.7. The number of likely N-dealkylation sites (tertiary alicyclic amines) is 1. The van der Waals surface area contributed by atoms with E-state index in [0.717, 1.165) is 41.3 Å². The van der Waals surface area contributed by atoms with E-state index >= 15 is 0 Å². The second kappa shape index (κ2) is 7.51. The molecule has 1 fully saturated rings. The van der Waals surface area contributed by atoms with Crippen LogP contribution in [0.1, 0.15) is 37.2 Å². The highest BCUT2D eigenvalue weighted by Gasteiger charge is 2.46. The van der Waals surface area contributed by atoms with Crippen LogP contribution in [0.5, 0.6) is 0 Å². The number of carbonyl (C=O) groups is 1. The molecule has 2 aromatic rings. The van der Waals surface area contributed by atoms with Crippen molar-refractivity contribution < 1.29 is 9.53 Å². The average molecular weight is 380 g/mol. The number of urea groups is 1. The number of rotatable bonds is 3. The fraction of sp³-hybridized carbons (Fsp3) is 0.500. The van der Waals surface area contributed by atoms with Gasteiger partial charge in [-0.3, -0.25) is 0 Å². The molecule has 1 saturated heterocycles. The van der Waals surface area contributed by atoms with Crippen LogP contribution in [0, 0.1) is 12.8 Å². The summed E-state index contributed by atoms with van der Waals surface area (Å²) in [6.07, 6.45) is 0.861. The number of ether oxygens (including phenoxy) is 1. The van der Waals surface area contributed by atoms with Crippen LogP contribution >= 0.6 is 0 Å². The van der Waals surface area contributed by atoms with Crippen molar-refractivity contribution in [2.45, 2.75) is 39.2 Å². The van der Waals surface area contributed by atoms with Crippen molar-refractivity contribution in [3.8, 4) is 11.4 Å². The Bertz CT molecular complexity index is 868. The maximum atomic E-state index is 12.6. The van der Waals surface area contributed by atoms with E-state index in [4.69, 9.17) is 14.7 Å². The SMILES string of the molecule is Cc1nc(-c2ccccc2)nc2c1COC[C@]21CCN(C(=O)NCC(C)C)C1. The standard InChI is InChI=1S/C22H28N4O2/c1-15(2)11-23-21(27)26-10-9-22(13-26)14-28-12-18-16(3)24-20(25-19(18)22)17-7-5-4-6-8-17/h4-8,15H,9-14H2,1-3H3,(H,23,27)/t22-/m1/s1. The second-order valence-electron chi connectivity index (χ2n) is 8.35. The maximum absolute atomic E-state index is 12.6. The van der Waals surface area contributed by atoms with Gasteiger partial charge in [0.2, 0.25) is 0 Å². The molecule has 1 N–H and O–H groups in total. The molecule has 28 heavy (non-hydrogen) atoms. The lowest BCUT2D eigenvalue weighted by molar-refractivity contribution is 0.0514. The summed E-state index contributed by atoms with van der Waals surface area (Å²) in [6.45, 7) is 9.40. The van der Waals surface area contributed by atoms with Crippen LogP contribution in [-0.2, 0) is 16.8 Å². The summed E-state index contributed by atoms with van der Waals surface area (Å²) in [4.78, 5) is 24.2. The summed E-state index contributed by atoms with van der Waals surface area (Å²) in [5, 5.41) is 3.03. The summed E-state index contributed by atoms with van der Waals surface area (Å²) in [5.41, 5.74) is 3.87. The maximum Gasteiger partial charge on any atom is 0.317 e. The van der Waals surface area contributed by atoms with E-state index < -0.39 is 0 Å². The highest BCUT2D eigenvalue weighted by Crippen LogP contribution is 2.40. The van der Waals surface area contributed by atoms with Gasteiger partial charge in [-0.15, -0.1) is 0 Å². The van der Waals surface area contributed by atoms with Gasteiger partial charge in [0.25, 0.3) is 0 Å². The number of nitrogens with zero attached hydrogens (tertiary/aromatic N) is 3. The van der Waals surface area contributed by atoms with Crippen LogP contribution in [-0.4, -0.2) is 47.1 Å². The largest absolute Gasteiger partial charge is 0.376 e. The number of hydrogen-bond acceptors (Lipinski definition) is 4. The van der Waals surface area contributed by atoms with Crippen molar-refractivity contribution in [1.29, 1.82) is 0 Å². The minimum absolute atomic E-state index is 0.00626. The number of aryl methyl sites for hydroxylation is 1. The van der Waals surface area contributed by atoms with E-state index in [1.165, 1.54) is 0 Å². The first-order valence-corrected chi connectivity index (χ1v) is 10.0. The smallest absolute Gasteiger partial charge is 0.317 e. The third-order valence-electron chi connectivity index (χ3n) is 5.68. The monoisotopic (exact) mass is 380 g/mol. The first-order chi connectivity index (χ1) is 13.5. The molecule has 2 amide bonds. The van der Waals surface area contributed by atoms with E-state index in [-0.39, 0.29) is 11.4 Å². The Morgan fingerprint density at radius 1 is 1.29 bits per heavy atom. The molecule has 3 heterocycles. The van der Waals surface area contributed by atoms with Gasteiger partial charge in [0, 0.05) is 36.5 Å². The number of amides is 2. The van der Waals surface area contributed by atoms with Gasteiger partial charge in [-0.1, -0.05) is 44.2 Å². The predicted octanol–water partition coefficient (Wildman–Crippen LogP) is 3.29. The summed E-state index contributed by atoms with van der Waals surface area (Å²) in [5.74, 6) is 1.18. The lowest BCUT2D eigenvalue weighted by Crippen LogP contribution is -2.45. The lowest BCUT2D eigenvalue weighted by Gasteiger charge is -2.35. The summed E-state index contributed by atoms with van der Waals surface area (Å²) >= 11 is 0. The topological polar surface area (TPSA) is 67.4 Å². The lowest BCUT2D eigenvalue weighted by atomic mass is 9.80. The Morgan fingerprint density at radius 3 is 2.82 bits per heavy atom. The molecule has 4 rings (SSSR count). The minimum Gasteiger partial charge on any atom is -0.376 e. The Labute approximate surface area is 166 Å². The molecular formula is C22H28N4O2. The van der Waals surface area contributed by atoms with Crippen LogP contribution in [0.2, 0.25) is 0 Å². The van der Waals surface area contributed by atoms with Crippen LogP contribution in [0.4, 0.5) is 4.79 Å². The normalized spacial score (nSPS) is 21.2. The van der Waals surface area contributed by atoms with Gasteiger partial charge in [0.05, 0.1) is 24.3 Å². The van der Waals surface area contributed by atoms with Gasteiger partial charge < -0.3 is 15.0 Å². The fourth-order valence-electron chi connectivity index (χ4n) is 4.10. The summed E-state index contributed by atoms with van der Waals surface area (Å²) < 4.78 is 5.95. The van der Waals surface area contributed by atoms with Gasteiger partial charge in [-0.05, 0) is 19.3 Å². The molecule has 1 spiro atoms. The van der Waals surface area contributed by atoms with Crippen LogP contribution in [0.15, 0.2) is 30.3 Å². The molecule has 1 aromatic heterocycles. The molecule has 0 unspecified atom stereocenters. The van der Waals surface area contributed by atoms with E-state index in [9.17, 15) is 4.79 Å². The van der Waals surface area contributed by atoms with Gasteiger partial charge in [-0.25, -0.2) is 14.8 Å². The molecule has 0 radical (unpaired) electrons. The number of nitrogens with one attached hydrogen (secondary N) is 1.